The topological polar surface area (TPSA) is 75.0 Å². The third-order valence-corrected chi connectivity index (χ3v) is 4.59. The molecule has 4 aromatic rings. The van der Waals surface area contributed by atoms with E-state index in [2.05, 4.69) is 15.0 Å². The van der Waals surface area contributed by atoms with E-state index in [1.54, 1.807) is 29.7 Å². The second-order valence-electron chi connectivity index (χ2n) is 5.40. The van der Waals surface area contributed by atoms with Gasteiger partial charge in [-0.1, -0.05) is 0 Å². The van der Waals surface area contributed by atoms with E-state index in [0.29, 0.717) is 16.5 Å². The highest BCUT2D eigenvalue weighted by Gasteiger charge is 2.18. The van der Waals surface area contributed by atoms with Gasteiger partial charge in [0.2, 0.25) is 0 Å². The Kier molecular flexibility index (Phi) is 3.42. The zero-order chi connectivity index (χ0) is 16.7. The van der Waals surface area contributed by atoms with Crippen LogP contribution in [0.25, 0.3) is 21.8 Å². The number of aromatic nitrogens is 3. The van der Waals surface area contributed by atoms with Crippen LogP contribution in [0.1, 0.15) is 16.3 Å². The Bertz CT molecular complexity index is 1020. The Labute approximate surface area is 141 Å². The maximum atomic E-state index is 12.7. The lowest BCUT2D eigenvalue weighted by molar-refractivity contribution is 0.0989. The van der Waals surface area contributed by atoms with Crippen molar-refractivity contribution in [2.24, 2.45) is 0 Å². The van der Waals surface area contributed by atoms with E-state index >= 15 is 0 Å². The van der Waals surface area contributed by atoms with E-state index in [0.717, 1.165) is 22.5 Å². The number of carbonyl (C=O) groups excluding carboxylic acids is 1. The van der Waals surface area contributed by atoms with Gasteiger partial charge in [0, 0.05) is 18.1 Å². The number of hydrogen-bond donors (Lipinski definition) is 1. The number of aromatic amines is 1. The number of amides is 1. The SMILES string of the molecule is Cc1nc2ccc(N(C)C(=O)c3csc(-c4ccco4)n3)cc2[nH]1. The molecule has 0 atom stereocenters. The third kappa shape index (κ3) is 2.48. The van der Waals surface area contributed by atoms with Crippen molar-refractivity contribution in [2.75, 3.05) is 11.9 Å². The quantitative estimate of drug-likeness (QED) is 0.615. The molecule has 24 heavy (non-hydrogen) atoms. The summed E-state index contributed by atoms with van der Waals surface area (Å²) < 4.78 is 5.32. The molecule has 1 N–H and O–H groups in total. The van der Waals surface area contributed by atoms with E-state index in [9.17, 15) is 4.79 Å². The maximum Gasteiger partial charge on any atom is 0.277 e. The van der Waals surface area contributed by atoms with Crippen LogP contribution in [0.5, 0.6) is 0 Å². The van der Waals surface area contributed by atoms with Gasteiger partial charge in [0.05, 0.1) is 17.3 Å². The molecule has 1 amide bonds. The van der Waals surface area contributed by atoms with Crippen molar-refractivity contribution in [3.63, 3.8) is 0 Å². The summed E-state index contributed by atoms with van der Waals surface area (Å²) in [6.07, 6.45) is 1.59. The molecule has 4 rings (SSSR count). The molecule has 120 valence electrons. The Morgan fingerprint density at radius 3 is 2.96 bits per heavy atom. The van der Waals surface area contributed by atoms with E-state index in [1.165, 1.54) is 11.3 Å². The summed E-state index contributed by atoms with van der Waals surface area (Å²) in [4.78, 5) is 26.2. The molecule has 0 aliphatic carbocycles. The molecule has 0 fully saturated rings. The summed E-state index contributed by atoms with van der Waals surface area (Å²) in [7, 11) is 1.73. The molecule has 0 aliphatic rings. The van der Waals surface area contributed by atoms with Crippen molar-refractivity contribution in [2.45, 2.75) is 6.92 Å². The number of hydrogen-bond acceptors (Lipinski definition) is 5. The lowest BCUT2D eigenvalue weighted by Crippen LogP contribution is -2.26. The molecule has 7 heteroatoms. The summed E-state index contributed by atoms with van der Waals surface area (Å²) in [5, 5.41) is 2.44. The maximum absolute atomic E-state index is 12.7. The van der Waals surface area contributed by atoms with Gasteiger partial charge >= 0.3 is 0 Å². The Hall–Kier alpha value is -2.93. The molecule has 0 aliphatic heterocycles. The Morgan fingerprint density at radius 2 is 2.17 bits per heavy atom. The van der Waals surface area contributed by atoms with Crippen LogP contribution >= 0.6 is 11.3 Å². The fraction of sp³-hybridized carbons (Fsp3) is 0.118. The number of carbonyl (C=O) groups is 1. The van der Waals surface area contributed by atoms with Gasteiger partial charge in [-0.05, 0) is 37.3 Å². The fourth-order valence-electron chi connectivity index (χ4n) is 2.51. The van der Waals surface area contributed by atoms with Crippen molar-refractivity contribution < 1.29 is 9.21 Å². The molecule has 0 saturated carbocycles. The Morgan fingerprint density at radius 1 is 1.29 bits per heavy atom. The standard InChI is InChI=1S/C17H14N4O2S/c1-10-18-12-6-5-11(8-13(12)19-10)21(2)17(22)14-9-24-16(20-14)15-4-3-7-23-15/h3-9H,1-2H3,(H,18,19). The minimum Gasteiger partial charge on any atom is -0.462 e. The third-order valence-electron chi connectivity index (χ3n) is 3.73. The Balaban J connectivity index is 1.63. The summed E-state index contributed by atoms with van der Waals surface area (Å²) in [5.74, 6) is 1.34. The lowest BCUT2D eigenvalue weighted by Gasteiger charge is -2.15. The van der Waals surface area contributed by atoms with Crippen molar-refractivity contribution in [1.82, 2.24) is 15.0 Å². The van der Waals surface area contributed by atoms with E-state index in [1.807, 2.05) is 31.2 Å². The van der Waals surface area contributed by atoms with Crippen LogP contribution in [0.2, 0.25) is 0 Å². The minimum atomic E-state index is -0.167. The van der Waals surface area contributed by atoms with Crippen molar-refractivity contribution >= 4 is 34.0 Å². The molecule has 3 heterocycles. The van der Waals surface area contributed by atoms with Crippen LogP contribution in [-0.4, -0.2) is 27.9 Å². The van der Waals surface area contributed by atoms with Gasteiger partial charge in [-0.3, -0.25) is 4.79 Å². The largest absolute Gasteiger partial charge is 0.462 e. The lowest BCUT2D eigenvalue weighted by atomic mass is 10.2. The first kappa shape index (κ1) is 14.6. The highest BCUT2D eigenvalue weighted by Crippen LogP contribution is 2.26. The van der Waals surface area contributed by atoms with Crippen LogP contribution in [0.3, 0.4) is 0 Å². The van der Waals surface area contributed by atoms with Gasteiger partial charge in [-0.15, -0.1) is 11.3 Å². The first-order chi connectivity index (χ1) is 11.6. The van der Waals surface area contributed by atoms with Crippen LogP contribution in [-0.2, 0) is 0 Å². The second-order valence-corrected chi connectivity index (χ2v) is 6.26. The number of imidazole rings is 1. The van der Waals surface area contributed by atoms with Crippen molar-refractivity contribution in [3.8, 4) is 10.8 Å². The van der Waals surface area contributed by atoms with Gasteiger partial charge in [-0.2, -0.15) is 0 Å². The van der Waals surface area contributed by atoms with Crippen molar-refractivity contribution in [1.29, 1.82) is 0 Å². The molecule has 3 aromatic heterocycles. The summed E-state index contributed by atoms with van der Waals surface area (Å²) >= 11 is 1.39. The van der Waals surface area contributed by atoms with Crippen LogP contribution in [0.4, 0.5) is 5.69 Å². The number of thiazole rings is 1. The number of benzene rings is 1. The van der Waals surface area contributed by atoms with Gasteiger partial charge in [0.15, 0.2) is 10.8 Å². The van der Waals surface area contributed by atoms with E-state index in [4.69, 9.17) is 4.42 Å². The number of anilines is 1. The number of rotatable bonds is 3. The first-order valence-electron chi connectivity index (χ1n) is 7.35. The predicted octanol–water partition coefficient (Wildman–Crippen LogP) is 3.86. The summed E-state index contributed by atoms with van der Waals surface area (Å²) in [6, 6.07) is 9.30. The smallest absolute Gasteiger partial charge is 0.277 e. The highest BCUT2D eigenvalue weighted by molar-refractivity contribution is 7.13. The number of furan rings is 1. The molecule has 0 radical (unpaired) electrons. The van der Waals surface area contributed by atoms with E-state index < -0.39 is 0 Å². The molecular weight excluding hydrogens is 324 g/mol. The van der Waals surface area contributed by atoms with Crippen molar-refractivity contribution in [3.05, 3.63) is 53.5 Å². The molecular formula is C17H14N4O2S. The number of nitrogens with one attached hydrogen (secondary N) is 1. The number of fused-ring (bicyclic) bond motifs is 1. The zero-order valence-electron chi connectivity index (χ0n) is 13.1. The fourth-order valence-corrected chi connectivity index (χ4v) is 3.27. The van der Waals surface area contributed by atoms with Gasteiger partial charge in [0.1, 0.15) is 11.5 Å². The average molecular weight is 338 g/mol. The van der Waals surface area contributed by atoms with Crippen LogP contribution < -0.4 is 4.90 Å². The average Bonchev–Trinajstić information content (AvgIpc) is 3.30. The van der Waals surface area contributed by atoms with Crippen LogP contribution in [0, 0.1) is 6.92 Å². The van der Waals surface area contributed by atoms with Gasteiger partial charge in [0.25, 0.3) is 5.91 Å². The second kappa shape index (κ2) is 5.61. The summed E-state index contributed by atoms with van der Waals surface area (Å²) in [5.41, 5.74) is 2.96. The number of aryl methyl sites for hydroxylation is 1. The molecule has 0 bridgehead atoms. The predicted molar refractivity (Wildman–Crippen MR) is 93.4 cm³/mol. The summed E-state index contributed by atoms with van der Waals surface area (Å²) in [6.45, 7) is 1.90. The molecule has 6 nitrogen and oxygen atoms in total. The van der Waals surface area contributed by atoms with Gasteiger partial charge in [-0.25, -0.2) is 9.97 Å². The molecule has 0 spiro atoms. The molecule has 0 unspecified atom stereocenters. The molecule has 1 aromatic carbocycles. The first-order valence-corrected chi connectivity index (χ1v) is 8.23. The monoisotopic (exact) mass is 338 g/mol. The number of nitrogens with zero attached hydrogens (tertiary/aromatic N) is 3. The van der Waals surface area contributed by atoms with Gasteiger partial charge < -0.3 is 14.3 Å². The number of H-pyrrole nitrogens is 1. The molecule has 0 saturated heterocycles. The normalized spacial score (nSPS) is 11.1. The van der Waals surface area contributed by atoms with Crippen LogP contribution in [0.15, 0.2) is 46.4 Å². The zero-order valence-corrected chi connectivity index (χ0v) is 13.9. The minimum absolute atomic E-state index is 0.167. The van der Waals surface area contributed by atoms with E-state index in [-0.39, 0.29) is 5.91 Å². The highest BCUT2D eigenvalue weighted by atomic mass is 32.1.